The van der Waals surface area contributed by atoms with E-state index in [0.717, 1.165) is 44.4 Å². The minimum atomic E-state index is -4.56. The molecule has 0 spiro atoms. The fraction of sp³-hybridized carbons (Fsp3) is 1.00. The lowest BCUT2D eigenvalue weighted by Gasteiger charge is -2.62. The molecule has 0 saturated heterocycles. The highest BCUT2D eigenvalue weighted by Crippen LogP contribution is 2.69. The molecule has 10 atom stereocenters. The van der Waals surface area contributed by atoms with Gasteiger partial charge in [-0.25, -0.2) is 0 Å². The van der Waals surface area contributed by atoms with Crippen LogP contribution in [0.4, 0.5) is 13.2 Å². The summed E-state index contributed by atoms with van der Waals surface area (Å²) < 4.78 is 39.4. The maximum atomic E-state index is 13.1. The highest BCUT2D eigenvalue weighted by molar-refractivity contribution is 5.10. The molecule has 0 aromatic heterocycles. The largest absolute Gasteiger partial charge is 0.416 e. The summed E-state index contributed by atoms with van der Waals surface area (Å²) in [6.45, 7) is 9.99. The topological polar surface area (TPSA) is 40.5 Å². The maximum Gasteiger partial charge on any atom is 0.416 e. The summed E-state index contributed by atoms with van der Waals surface area (Å²) in [4.78, 5) is 0. The first-order valence-corrected chi connectivity index (χ1v) is 13.1. The molecule has 186 valence electrons. The van der Waals surface area contributed by atoms with Gasteiger partial charge in [-0.2, -0.15) is 13.2 Å². The second-order valence-electron chi connectivity index (χ2n) is 13.4. The molecule has 32 heavy (non-hydrogen) atoms. The number of hydrogen-bond acceptors (Lipinski definition) is 2. The van der Waals surface area contributed by atoms with E-state index in [1.807, 2.05) is 6.92 Å². The molecule has 0 amide bonds. The molecule has 0 unspecified atom stereocenters. The zero-order valence-corrected chi connectivity index (χ0v) is 20.8. The quantitative estimate of drug-likeness (QED) is 0.471. The van der Waals surface area contributed by atoms with Gasteiger partial charge in [0.1, 0.15) is 0 Å². The van der Waals surface area contributed by atoms with E-state index in [1.54, 1.807) is 0 Å². The molecule has 4 fully saturated rings. The maximum absolute atomic E-state index is 13.1. The van der Waals surface area contributed by atoms with Crippen molar-refractivity contribution in [2.75, 3.05) is 0 Å². The third-order valence-corrected chi connectivity index (χ3v) is 11.4. The van der Waals surface area contributed by atoms with Crippen LogP contribution in [0, 0.1) is 46.3 Å². The van der Waals surface area contributed by atoms with Crippen molar-refractivity contribution in [1.29, 1.82) is 0 Å². The van der Waals surface area contributed by atoms with Gasteiger partial charge in [-0.3, -0.25) is 0 Å². The molecule has 2 nitrogen and oxygen atoms in total. The number of alkyl halides is 3. The number of halogens is 3. The Labute approximate surface area is 192 Å². The van der Waals surface area contributed by atoms with Crippen LogP contribution in [0.5, 0.6) is 0 Å². The van der Waals surface area contributed by atoms with E-state index in [2.05, 4.69) is 20.8 Å². The van der Waals surface area contributed by atoms with Gasteiger partial charge in [0.25, 0.3) is 0 Å². The standard InChI is InChI=1S/C27H45F3O2/c1-17(10-13-26(5,32)27(28,29)30)20-8-9-21-19-7-6-18-16-23(2,31)14-15-24(18,3)22(19)11-12-25(20,21)4/h17-22,31-32H,6-16H2,1-5H3/t17-,18+,19+,20-,21+,22+,23+,24+,25-,26+/m1/s1. The van der Waals surface area contributed by atoms with Crippen LogP contribution in [0.1, 0.15) is 105 Å². The van der Waals surface area contributed by atoms with Gasteiger partial charge in [0.15, 0.2) is 5.60 Å². The number of hydrogen-bond donors (Lipinski definition) is 2. The monoisotopic (exact) mass is 458 g/mol. The lowest BCUT2D eigenvalue weighted by atomic mass is 9.43. The third-order valence-electron chi connectivity index (χ3n) is 11.4. The first kappa shape index (κ1) is 24.8. The van der Waals surface area contributed by atoms with E-state index in [-0.39, 0.29) is 17.8 Å². The minimum absolute atomic E-state index is 0.201. The molecule has 4 aliphatic carbocycles. The Balaban J connectivity index is 1.46. The predicted octanol–water partition coefficient (Wildman–Crippen LogP) is 7.13. The average molecular weight is 459 g/mol. The second kappa shape index (κ2) is 7.86. The normalized spacial score (nSPS) is 49.5. The zero-order chi connectivity index (χ0) is 23.7. The van der Waals surface area contributed by atoms with Gasteiger partial charge in [-0.15, -0.1) is 0 Å². The van der Waals surface area contributed by atoms with Crippen molar-refractivity contribution in [3.8, 4) is 0 Å². The summed E-state index contributed by atoms with van der Waals surface area (Å²) in [7, 11) is 0. The fourth-order valence-corrected chi connectivity index (χ4v) is 9.26. The lowest BCUT2D eigenvalue weighted by Crippen LogP contribution is -2.55. The molecule has 0 aromatic rings. The van der Waals surface area contributed by atoms with Crippen molar-refractivity contribution in [2.24, 2.45) is 46.3 Å². The smallest absolute Gasteiger partial charge is 0.390 e. The SMILES string of the molecule is C[C@H](CC[C@](C)(O)C(F)(F)F)[C@H]1CC[C@H]2[C@@H]3CC[C@H]4C[C@@](C)(O)CC[C@]4(C)[C@H]3CC[C@]12C. The highest BCUT2D eigenvalue weighted by Gasteiger charge is 2.61. The summed E-state index contributed by atoms with van der Waals surface area (Å²) >= 11 is 0. The molecule has 2 N–H and O–H groups in total. The first-order valence-electron chi connectivity index (χ1n) is 13.1. The van der Waals surface area contributed by atoms with E-state index in [9.17, 15) is 23.4 Å². The summed E-state index contributed by atoms with van der Waals surface area (Å²) in [6.07, 6.45) is 5.85. The summed E-state index contributed by atoms with van der Waals surface area (Å²) in [5.41, 5.74) is -2.55. The minimum Gasteiger partial charge on any atom is -0.390 e. The van der Waals surface area contributed by atoms with Gasteiger partial charge in [0.2, 0.25) is 0 Å². The van der Waals surface area contributed by atoms with Gasteiger partial charge in [-0.1, -0.05) is 20.8 Å². The van der Waals surface area contributed by atoms with Crippen LogP contribution in [0.2, 0.25) is 0 Å². The Morgan fingerprint density at radius 1 is 0.906 bits per heavy atom. The Hall–Kier alpha value is -0.290. The molecule has 0 aliphatic heterocycles. The van der Waals surface area contributed by atoms with Gasteiger partial charge < -0.3 is 10.2 Å². The predicted molar refractivity (Wildman–Crippen MR) is 121 cm³/mol. The first-order chi connectivity index (χ1) is 14.6. The second-order valence-corrected chi connectivity index (χ2v) is 13.4. The Morgan fingerprint density at radius 2 is 1.56 bits per heavy atom. The van der Waals surface area contributed by atoms with Crippen LogP contribution in [0.15, 0.2) is 0 Å². The molecule has 0 bridgehead atoms. The van der Waals surface area contributed by atoms with Crippen molar-refractivity contribution in [1.82, 2.24) is 0 Å². The Kier molecular flexibility index (Phi) is 6.10. The van der Waals surface area contributed by atoms with Crippen molar-refractivity contribution in [2.45, 2.75) is 123 Å². The molecule has 4 saturated carbocycles. The summed E-state index contributed by atoms with van der Waals surface area (Å²) in [5.74, 6) is 3.42. The van der Waals surface area contributed by atoms with Crippen molar-refractivity contribution >= 4 is 0 Å². The number of aliphatic hydroxyl groups is 2. The van der Waals surface area contributed by atoms with Crippen molar-refractivity contribution in [3.05, 3.63) is 0 Å². The van der Waals surface area contributed by atoms with E-state index in [1.165, 1.54) is 32.1 Å². The fourth-order valence-electron chi connectivity index (χ4n) is 9.26. The van der Waals surface area contributed by atoms with Crippen LogP contribution < -0.4 is 0 Å². The van der Waals surface area contributed by atoms with Gasteiger partial charge >= 0.3 is 6.18 Å². The number of fused-ring (bicyclic) bond motifs is 5. The molecule has 4 aliphatic rings. The Morgan fingerprint density at radius 3 is 2.22 bits per heavy atom. The van der Waals surface area contributed by atoms with Crippen LogP contribution in [0.3, 0.4) is 0 Å². The molecule has 4 rings (SSSR count). The summed E-state index contributed by atoms with van der Waals surface area (Å²) in [6, 6.07) is 0. The molecular weight excluding hydrogens is 413 g/mol. The van der Waals surface area contributed by atoms with Crippen molar-refractivity contribution in [3.63, 3.8) is 0 Å². The number of rotatable bonds is 4. The van der Waals surface area contributed by atoms with E-state index < -0.39 is 17.4 Å². The zero-order valence-electron chi connectivity index (χ0n) is 20.8. The van der Waals surface area contributed by atoms with Crippen LogP contribution in [-0.2, 0) is 0 Å². The molecule has 0 heterocycles. The van der Waals surface area contributed by atoms with Gasteiger partial charge in [-0.05, 0) is 131 Å². The lowest BCUT2D eigenvalue weighted by molar-refractivity contribution is -0.256. The van der Waals surface area contributed by atoms with E-state index in [0.29, 0.717) is 29.6 Å². The third kappa shape index (κ3) is 3.95. The van der Waals surface area contributed by atoms with Crippen molar-refractivity contribution < 1.29 is 23.4 Å². The molecule has 0 radical (unpaired) electrons. The van der Waals surface area contributed by atoms with Crippen LogP contribution in [-0.4, -0.2) is 27.6 Å². The van der Waals surface area contributed by atoms with Gasteiger partial charge in [0.05, 0.1) is 5.60 Å². The van der Waals surface area contributed by atoms with Crippen LogP contribution >= 0.6 is 0 Å². The highest BCUT2D eigenvalue weighted by atomic mass is 19.4. The Bertz CT molecular complexity index is 702. The molecule has 0 aromatic carbocycles. The molecule has 5 heteroatoms. The summed E-state index contributed by atoms with van der Waals surface area (Å²) in [5, 5.41) is 20.6. The van der Waals surface area contributed by atoms with Gasteiger partial charge in [0, 0.05) is 0 Å². The molecular formula is C27H45F3O2. The average Bonchev–Trinajstić information content (AvgIpc) is 3.03. The van der Waals surface area contributed by atoms with E-state index in [4.69, 9.17) is 0 Å². The van der Waals surface area contributed by atoms with E-state index >= 15 is 0 Å². The van der Waals surface area contributed by atoms with Crippen LogP contribution in [0.25, 0.3) is 0 Å².